The van der Waals surface area contributed by atoms with Gasteiger partial charge in [-0.2, -0.15) is 0 Å². The molecule has 2 heterocycles. The summed E-state index contributed by atoms with van der Waals surface area (Å²) in [6, 6.07) is 14.9. The molecule has 1 aliphatic heterocycles. The Labute approximate surface area is 195 Å². The lowest BCUT2D eigenvalue weighted by atomic mass is 10.2. The zero-order chi connectivity index (χ0) is 22.7. The van der Waals surface area contributed by atoms with Gasteiger partial charge >= 0.3 is 0 Å². The standard InChI is InChI=1S/C21H22N4O4S3/c1-14(2)13-30-21-24-23-20(31-21)22-19(26)18-12-25(16-10-6-7-11-17(16)29-18)32(27,28)15-8-4-3-5-9-15/h3-11,14,18H,12-13H2,1-2H3,(H,22,23,26). The molecule has 0 fully saturated rings. The first-order valence-corrected chi connectivity index (χ1v) is 13.2. The third kappa shape index (κ3) is 4.89. The molecule has 32 heavy (non-hydrogen) atoms. The number of carbonyl (C=O) groups is 1. The van der Waals surface area contributed by atoms with Crippen molar-refractivity contribution in [1.29, 1.82) is 0 Å². The number of thioether (sulfide) groups is 1. The third-order valence-electron chi connectivity index (χ3n) is 4.54. The van der Waals surface area contributed by atoms with E-state index >= 15 is 0 Å². The van der Waals surface area contributed by atoms with Gasteiger partial charge in [-0.1, -0.05) is 67.3 Å². The van der Waals surface area contributed by atoms with Crippen molar-refractivity contribution in [3.05, 3.63) is 54.6 Å². The van der Waals surface area contributed by atoms with Crippen molar-refractivity contribution in [2.45, 2.75) is 29.2 Å². The Kier molecular flexibility index (Phi) is 6.68. The zero-order valence-corrected chi connectivity index (χ0v) is 19.9. The van der Waals surface area contributed by atoms with Gasteiger partial charge in [0.15, 0.2) is 10.4 Å². The van der Waals surface area contributed by atoms with Crippen molar-refractivity contribution in [3.8, 4) is 5.75 Å². The highest BCUT2D eigenvalue weighted by Crippen LogP contribution is 2.37. The third-order valence-corrected chi connectivity index (χ3v) is 8.73. The fraction of sp³-hybridized carbons (Fsp3) is 0.286. The number of aromatic nitrogens is 2. The Morgan fingerprint density at radius 1 is 1.19 bits per heavy atom. The van der Waals surface area contributed by atoms with E-state index in [1.807, 2.05) is 0 Å². The van der Waals surface area contributed by atoms with Crippen LogP contribution in [0.4, 0.5) is 10.8 Å². The number of rotatable bonds is 7. The average Bonchev–Trinajstić information content (AvgIpc) is 3.24. The van der Waals surface area contributed by atoms with Crippen molar-refractivity contribution >= 4 is 49.8 Å². The van der Waals surface area contributed by atoms with Crippen LogP contribution in [0.1, 0.15) is 13.8 Å². The maximum absolute atomic E-state index is 13.3. The number of sulfonamides is 1. The molecule has 1 atom stereocenters. The van der Waals surface area contributed by atoms with Crippen molar-refractivity contribution in [1.82, 2.24) is 10.2 Å². The molecule has 11 heteroatoms. The average molecular weight is 491 g/mol. The second-order valence-corrected chi connectivity index (χ2v) is 11.6. The minimum absolute atomic E-state index is 0.145. The van der Waals surface area contributed by atoms with Gasteiger partial charge in [-0.3, -0.25) is 14.4 Å². The van der Waals surface area contributed by atoms with Crippen LogP contribution in [0.2, 0.25) is 0 Å². The molecule has 3 aromatic rings. The Bertz CT molecular complexity index is 1200. The Morgan fingerprint density at radius 3 is 2.66 bits per heavy atom. The van der Waals surface area contributed by atoms with Crippen LogP contribution in [0.3, 0.4) is 0 Å². The molecule has 168 valence electrons. The molecule has 8 nitrogen and oxygen atoms in total. The van der Waals surface area contributed by atoms with Crippen LogP contribution in [0, 0.1) is 5.92 Å². The van der Waals surface area contributed by atoms with Gasteiger partial charge in [-0.15, -0.1) is 10.2 Å². The van der Waals surface area contributed by atoms with Crippen molar-refractivity contribution in [2.75, 3.05) is 21.9 Å². The molecule has 1 aromatic heterocycles. The minimum atomic E-state index is -3.88. The van der Waals surface area contributed by atoms with Gasteiger partial charge in [0, 0.05) is 5.75 Å². The van der Waals surface area contributed by atoms with Crippen LogP contribution in [0.5, 0.6) is 5.75 Å². The number of hydrogen-bond acceptors (Lipinski definition) is 8. The van der Waals surface area contributed by atoms with Crippen molar-refractivity contribution < 1.29 is 17.9 Å². The molecule has 1 unspecified atom stereocenters. The van der Waals surface area contributed by atoms with E-state index in [9.17, 15) is 13.2 Å². The lowest BCUT2D eigenvalue weighted by Gasteiger charge is -2.34. The molecule has 4 rings (SSSR count). The van der Waals surface area contributed by atoms with E-state index in [2.05, 4.69) is 29.4 Å². The van der Waals surface area contributed by atoms with Gasteiger partial charge in [0.05, 0.1) is 17.1 Å². The molecule has 1 amide bonds. The number of para-hydroxylation sites is 2. The summed E-state index contributed by atoms with van der Waals surface area (Å²) in [6.45, 7) is 4.07. The highest BCUT2D eigenvalue weighted by atomic mass is 32.2. The largest absolute Gasteiger partial charge is 0.476 e. The smallest absolute Gasteiger partial charge is 0.269 e. The van der Waals surface area contributed by atoms with Gasteiger partial charge in [0.25, 0.3) is 15.9 Å². The van der Waals surface area contributed by atoms with Crippen LogP contribution in [0.15, 0.2) is 63.8 Å². The second-order valence-electron chi connectivity index (χ2n) is 7.49. The monoisotopic (exact) mass is 490 g/mol. The first kappa shape index (κ1) is 22.6. The van der Waals surface area contributed by atoms with Gasteiger partial charge in [0.2, 0.25) is 5.13 Å². The predicted octanol–water partition coefficient (Wildman–Crippen LogP) is 3.88. The summed E-state index contributed by atoms with van der Waals surface area (Å²) in [6.07, 6.45) is -1.04. The normalized spacial score (nSPS) is 15.8. The second kappa shape index (κ2) is 9.47. The number of nitrogens with one attached hydrogen (secondary N) is 1. The molecular formula is C21H22N4O4S3. The SMILES string of the molecule is CC(C)CSc1nnc(NC(=O)C2CN(S(=O)(=O)c3ccccc3)c3ccccc3O2)s1. The van der Waals surface area contributed by atoms with E-state index in [1.165, 1.54) is 27.8 Å². The molecule has 0 radical (unpaired) electrons. The molecule has 0 saturated carbocycles. The quantitative estimate of drug-likeness (QED) is 0.396. The molecule has 2 aromatic carbocycles. The predicted molar refractivity (Wildman–Crippen MR) is 126 cm³/mol. The molecule has 0 spiro atoms. The number of hydrogen-bond donors (Lipinski definition) is 1. The highest BCUT2D eigenvalue weighted by Gasteiger charge is 2.37. The molecule has 1 aliphatic rings. The number of anilines is 2. The highest BCUT2D eigenvalue weighted by molar-refractivity contribution is 8.01. The van der Waals surface area contributed by atoms with Gasteiger partial charge in [-0.05, 0) is 30.2 Å². The first-order chi connectivity index (χ1) is 15.3. The van der Waals surface area contributed by atoms with Crippen LogP contribution in [-0.2, 0) is 14.8 Å². The number of carbonyl (C=O) groups excluding carboxylic acids is 1. The van der Waals surface area contributed by atoms with E-state index < -0.39 is 22.0 Å². The summed E-state index contributed by atoms with van der Waals surface area (Å²) in [5.41, 5.74) is 0.392. The number of fused-ring (bicyclic) bond motifs is 1. The molecule has 0 aliphatic carbocycles. The van der Waals surface area contributed by atoms with Crippen molar-refractivity contribution in [3.63, 3.8) is 0 Å². The minimum Gasteiger partial charge on any atom is -0.476 e. The number of ether oxygens (including phenoxy) is 1. The number of nitrogens with zero attached hydrogens (tertiary/aromatic N) is 3. The zero-order valence-electron chi connectivity index (χ0n) is 17.5. The number of benzene rings is 2. The maximum Gasteiger partial charge on any atom is 0.269 e. The Balaban J connectivity index is 1.55. The van der Waals surface area contributed by atoms with Gasteiger partial charge < -0.3 is 4.74 Å². The molecular weight excluding hydrogens is 468 g/mol. The Hall–Kier alpha value is -2.63. The van der Waals surface area contributed by atoms with E-state index in [-0.39, 0.29) is 11.4 Å². The summed E-state index contributed by atoms with van der Waals surface area (Å²) < 4.78 is 34.5. The summed E-state index contributed by atoms with van der Waals surface area (Å²) >= 11 is 2.86. The lowest BCUT2D eigenvalue weighted by Crippen LogP contribution is -2.48. The lowest BCUT2D eigenvalue weighted by molar-refractivity contribution is -0.122. The van der Waals surface area contributed by atoms with E-state index in [4.69, 9.17) is 4.74 Å². The van der Waals surface area contributed by atoms with E-state index in [0.29, 0.717) is 22.5 Å². The van der Waals surface area contributed by atoms with Gasteiger partial charge in [0.1, 0.15) is 5.75 Å². The van der Waals surface area contributed by atoms with E-state index in [0.717, 1.165) is 10.1 Å². The fourth-order valence-corrected chi connectivity index (χ4v) is 6.26. The van der Waals surface area contributed by atoms with Crippen LogP contribution in [0.25, 0.3) is 0 Å². The van der Waals surface area contributed by atoms with Crippen LogP contribution in [-0.4, -0.2) is 42.9 Å². The molecule has 0 bridgehead atoms. The summed E-state index contributed by atoms with van der Waals surface area (Å²) in [5, 5.41) is 11.2. The van der Waals surface area contributed by atoms with Crippen molar-refractivity contribution in [2.24, 2.45) is 5.92 Å². The number of amides is 1. The summed E-state index contributed by atoms with van der Waals surface area (Å²) in [4.78, 5) is 13.1. The van der Waals surface area contributed by atoms with E-state index in [1.54, 1.807) is 54.2 Å². The first-order valence-electron chi connectivity index (χ1n) is 9.95. The summed E-state index contributed by atoms with van der Waals surface area (Å²) in [7, 11) is -3.88. The topological polar surface area (TPSA) is 101 Å². The molecule has 1 N–H and O–H groups in total. The maximum atomic E-state index is 13.3. The van der Waals surface area contributed by atoms with Crippen LogP contribution >= 0.6 is 23.1 Å². The van der Waals surface area contributed by atoms with Crippen LogP contribution < -0.4 is 14.4 Å². The summed E-state index contributed by atoms with van der Waals surface area (Å²) in [5.74, 6) is 1.25. The fourth-order valence-electron chi connectivity index (χ4n) is 3.03. The molecule has 0 saturated heterocycles. The Morgan fingerprint density at radius 2 is 1.91 bits per heavy atom. The van der Waals surface area contributed by atoms with Gasteiger partial charge in [-0.25, -0.2) is 8.42 Å².